The van der Waals surface area contributed by atoms with Crippen LogP contribution in [0, 0.1) is 6.92 Å². The molecule has 1 aromatic carbocycles. The highest BCUT2D eigenvalue weighted by Crippen LogP contribution is 2.16. The molecule has 1 N–H and O–H groups in total. The van der Waals surface area contributed by atoms with Crippen molar-refractivity contribution in [3.8, 4) is 5.75 Å². The fraction of sp³-hybridized carbons (Fsp3) is 0.538. The summed E-state index contributed by atoms with van der Waals surface area (Å²) >= 11 is 0. The van der Waals surface area contributed by atoms with Crippen LogP contribution in [0.5, 0.6) is 5.75 Å². The fourth-order valence-electron chi connectivity index (χ4n) is 1.47. The summed E-state index contributed by atoms with van der Waals surface area (Å²) in [7, 11) is 0. The number of aryl methyl sites for hydroxylation is 1. The molecule has 1 aromatic rings. The normalized spacial score (nSPS) is 10.3. The highest BCUT2D eigenvalue weighted by Gasteiger charge is 1.96. The molecule has 0 fully saturated rings. The minimum absolute atomic E-state index is 0.304. The zero-order chi connectivity index (χ0) is 10.9. The Kier molecular flexibility index (Phi) is 5.86. The lowest BCUT2D eigenvalue weighted by molar-refractivity contribution is 0.273. The maximum Gasteiger partial charge on any atom is 0.122 e. The molecule has 84 valence electrons. The topological polar surface area (TPSA) is 29.5 Å². The molecule has 0 atom stereocenters. The second kappa shape index (κ2) is 7.30. The third-order valence-electron chi connectivity index (χ3n) is 2.40. The van der Waals surface area contributed by atoms with E-state index in [-0.39, 0.29) is 0 Å². The maximum absolute atomic E-state index is 8.61. The summed E-state index contributed by atoms with van der Waals surface area (Å²) in [4.78, 5) is 0. The minimum atomic E-state index is 0.304. The number of ether oxygens (including phenoxy) is 1. The van der Waals surface area contributed by atoms with E-state index in [0.717, 1.165) is 38.0 Å². The molecule has 0 aliphatic rings. The second-order valence-electron chi connectivity index (χ2n) is 3.75. The van der Waals surface area contributed by atoms with Crippen LogP contribution in [0.15, 0.2) is 24.3 Å². The lowest BCUT2D eigenvalue weighted by Crippen LogP contribution is -1.98. The monoisotopic (exact) mass is 208 g/mol. The quantitative estimate of drug-likeness (QED) is 0.698. The number of para-hydroxylation sites is 1. The molecule has 2 nitrogen and oxygen atoms in total. The predicted octanol–water partition coefficient (Wildman–Crippen LogP) is 2.93. The molecular formula is C13H20O2. The molecule has 0 aromatic heterocycles. The molecule has 0 spiro atoms. The van der Waals surface area contributed by atoms with Crippen LogP contribution < -0.4 is 4.74 Å². The third kappa shape index (κ3) is 4.84. The first-order valence-electron chi connectivity index (χ1n) is 5.64. The van der Waals surface area contributed by atoms with Crippen LogP contribution in [0.4, 0.5) is 0 Å². The zero-order valence-corrected chi connectivity index (χ0v) is 9.41. The Morgan fingerprint density at radius 3 is 2.53 bits per heavy atom. The molecule has 0 bridgehead atoms. The van der Waals surface area contributed by atoms with E-state index < -0.39 is 0 Å². The van der Waals surface area contributed by atoms with Crippen molar-refractivity contribution in [2.75, 3.05) is 13.2 Å². The van der Waals surface area contributed by atoms with Gasteiger partial charge < -0.3 is 9.84 Å². The number of unbranched alkanes of at least 4 members (excludes halogenated alkanes) is 3. The summed E-state index contributed by atoms with van der Waals surface area (Å²) in [6, 6.07) is 8.07. The van der Waals surface area contributed by atoms with E-state index in [0.29, 0.717) is 6.61 Å². The molecule has 0 amide bonds. The maximum atomic E-state index is 8.61. The van der Waals surface area contributed by atoms with E-state index in [2.05, 4.69) is 13.0 Å². The number of hydrogen-bond acceptors (Lipinski definition) is 2. The summed E-state index contributed by atoms with van der Waals surface area (Å²) in [5, 5.41) is 8.61. The van der Waals surface area contributed by atoms with E-state index in [1.54, 1.807) is 0 Å². The molecular weight excluding hydrogens is 188 g/mol. The standard InChI is InChI=1S/C13H20O2/c1-12-8-4-5-9-13(12)15-11-7-3-2-6-10-14/h4-5,8-9,14H,2-3,6-7,10-11H2,1H3. The number of hydrogen-bond donors (Lipinski definition) is 1. The molecule has 0 aliphatic heterocycles. The van der Waals surface area contributed by atoms with Crippen molar-refractivity contribution in [1.82, 2.24) is 0 Å². The summed E-state index contributed by atoms with van der Waals surface area (Å²) < 4.78 is 5.65. The number of aliphatic hydroxyl groups excluding tert-OH is 1. The SMILES string of the molecule is Cc1ccccc1OCCCCCCO. The van der Waals surface area contributed by atoms with Crippen LogP contribution in [0.25, 0.3) is 0 Å². The Bertz CT molecular complexity index is 271. The van der Waals surface area contributed by atoms with Crippen LogP contribution in [-0.4, -0.2) is 18.3 Å². The molecule has 0 radical (unpaired) electrons. The van der Waals surface area contributed by atoms with E-state index >= 15 is 0 Å². The Balaban J connectivity index is 2.12. The van der Waals surface area contributed by atoms with Crippen molar-refractivity contribution in [2.45, 2.75) is 32.6 Å². The molecule has 0 unspecified atom stereocenters. The second-order valence-corrected chi connectivity index (χ2v) is 3.75. The highest BCUT2D eigenvalue weighted by atomic mass is 16.5. The van der Waals surface area contributed by atoms with Crippen LogP contribution in [0.1, 0.15) is 31.2 Å². The van der Waals surface area contributed by atoms with Gasteiger partial charge in [0.2, 0.25) is 0 Å². The van der Waals surface area contributed by atoms with Crippen molar-refractivity contribution in [3.05, 3.63) is 29.8 Å². The lowest BCUT2D eigenvalue weighted by Gasteiger charge is -2.08. The van der Waals surface area contributed by atoms with E-state index in [4.69, 9.17) is 9.84 Å². The van der Waals surface area contributed by atoms with Gasteiger partial charge in [0.05, 0.1) is 6.61 Å². The molecule has 0 saturated carbocycles. The molecule has 15 heavy (non-hydrogen) atoms. The highest BCUT2D eigenvalue weighted by molar-refractivity contribution is 5.31. The minimum Gasteiger partial charge on any atom is -0.493 e. The van der Waals surface area contributed by atoms with Gasteiger partial charge in [0.1, 0.15) is 5.75 Å². The van der Waals surface area contributed by atoms with Gasteiger partial charge in [-0.2, -0.15) is 0 Å². The van der Waals surface area contributed by atoms with Crippen molar-refractivity contribution >= 4 is 0 Å². The predicted molar refractivity (Wildman–Crippen MR) is 62.2 cm³/mol. The Hall–Kier alpha value is -1.02. The van der Waals surface area contributed by atoms with Crippen molar-refractivity contribution in [1.29, 1.82) is 0 Å². The van der Waals surface area contributed by atoms with E-state index in [9.17, 15) is 0 Å². The van der Waals surface area contributed by atoms with Gasteiger partial charge in [-0.05, 0) is 37.8 Å². The van der Waals surface area contributed by atoms with Gasteiger partial charge in [-0.15, -0.1) is 0 Å². The van der Waals surface area contributed by atoms with Crippen LogP contribution in [0.2, 0.25) is 0 Å². The Morgan fingerprint density at radius 1 is 1.07 bits per heavy atom. The van der Waals surface area contributed by atoms with Gasteiger partial charge in [-0.3, -0.25) is 0 Å². The van der Waals surface area contributed by atoms with Crippen molar-refractivity contribution < 1.29 is 9.84 Å². The average molecular weight is 208 g/mol. The largest absolute Gasteiger partial charge is 0.493 e. The summed E-state index contributed by atoms with van der Waals surface area (Å²) in [6.07, 6.45) is 4.19. The van der Waals surface area contributed by atoms with Gasteiger partial charge in [0, 0.05) is 6.61 Å². The summed E-state index contributed by atoms with van der Waals surface area (Å²) in [6.45, 7) is 3.13. The molecule has 0 aliphatic carbocycles. The lowest BCUT2D eigenvalue weighted by atomic mass is 10.2. The zero-order valence-electron chi connectivity index (χ0n) is 9.41. The van der Waals surface area contributed by atoms with E-state index in [1.165, 1.54) is 5.56 Å². The third-order valence-corrected chi connectivity index (χ3v) is 2.40. The number of benzene rings is 1. The molecule has 0 heterocycles. The van der Waals surface area contributed by atoms with Gasteiger partial charge in [-0.1, -0.05) is 24.6 Å². The molecule has 2 heteroatoms. The van der Waals surface area contributed by atoms with Gasteiger partial charge in [0.25, 0.3) is 0 Å². The Morgan fingerprint density at radius 2 is 1.80 bits per heavy atom. The first-order chi connectivity index (χ1) is 7.34. The van der Waals surface area contributed by atoms with Gasteiger partial charge >= 0.3 is 0 Å². The van der Waals surface area contributed by atoms with Gasteiger partial charge in [0.15, 0.2) is 0 Å². The summed E-state index contributed by atoms with van der Waals surface area (Å²) in [5.41, 5.74) is 1.19. The smallest absolute Gasteiger partial charge is 0.122 e. The number of rotatable bonds is 7. The Labute approximate surface area is 91.9 Å². The van der Waals surface area contributed by atoms with Crippen molar-refractivity contribution in [3.63, 3.8) is 0 Å². The van der Waals surface area contributed by atoms with Crippen LogP contribution in [0.3, 0.4) is 0 Å². The van der Waals surface area contributed by atoms with Crippen LogP contribution in [-0.2, 0) is 0 Å². The first-order valence-corrected chi connectivity index (χ1v) is 5.64. The molecule has 1 rings (SSSR count). The van der Waals surface area contributed by atoms with Crippen LogP contribution >= 0.6 is 0 Å². The van der Waals surface area contributed by atoms with E-state index in [1.807, 2.05) is 18.2 Å². The fourth-order valence-corrected chi connectivity index (χ4v) is 1.47. The van der Waals surface area contributed by atoms with Gasteiger partial charge in [-0.25, -0.2) is 0 Å². The van der Waals surface area contributed by atoms with Crippen molar-refractivity contribution in [2.24, 2.45) is 0 Å². The number of aliphatic hydroxyl groups is 1. The average Bonchev–Trinajstić information content (AvgIpc) is 2.25. The summed E-state index contributed by atoms with van der Waals surface area (Å²) in [5.74, 6) is 0.986. The first kappa shape index (κ1) is 12.1. The molecule has 0 saturated heterocycles.